The van der Waals surface area contributed by atoms with Gasteiger partial charge in [-0.15, -0.1) is 0 Å². The molecule has 1 aliphatic carbocycles. The van der Waals surface area contributed by atoms with Crippen molar-refractivity contribution in [3.63, 3.8) is 0 Å². The number of rotatable bonds is 6. The van der Waals surface area contributed by atoms with Crippen molar-refractivity contribution >= 4 is 11.9 Å². The predicted octanol–water partition coefficient (Wildman–Crippen LogP) is 2.80. The van der Waals surface area contributed by atoms with E-state index in [9.17, 15) is 9.59 Å². The Hall–Kier alpha value is -1.84. The Morgan fingerprint density at radius 1 is 1.24 bits per heavy atom. The second kappa shape index (κ2) is 6.74. The van der Waals surface area contributed by atoms with Crippen LogP contribution in [0.3, 0.4) is 0 Å². The van der Waals surface area contributed by atoms with Gasteiger partial charge in [0.05, 0.1) is 0 Å². The molecule has 1 fully saturated rings. The van der Waals surface area contributed by atoms with E-state index in [4.69, 9.17) is 5.11 Å². The Morgan fingerprint density at radius 2 is 1.86 bits per heavy atom. The summed E-state index contributed by atoms with van der Waals surface area (Å²) in [7, 11) is 0. The number of carbonyl (C=O) groups is 2. The van der Waals surface area contributed by atoms with Crippen molar-refractivity contribution in [3.8, 4) is 0 Å². The van der Waals surface area contributed by atoms with Crippen LogP contribution < -0.4 is 5.32 Å². The van der Waals surface area contributed by atoms with Gasteiger partial charge in [-0.2, -0.15) is 0 Å². The fraction of sp³-hybridized carbons (Fsp3) is 0.529. The fourth-order valence-corrected chi connectivity index (χ4v) is 2.91. The highest BCUT2D eigenvalue weighted by atomic mass is 16.4. The van der Waals surface area contributed by atoms with Crippen molar-refractivity contribution < 1.29 is 14.7 Å². The SMILES string of the molecule is CC(C)[C@H](NC(=O)CC1CC(c2ccccc2)C1)C(=O)O. The third-order valence-electron chi connectivity index (χ3n) is 4.23. The number of hydrogen-bond acceptors (Lipinski definition) is 2. The topological polar surface area (TPSA) is 66.4 Å². The van der Waals surface area contributed by atoms with Crippen molar-refractivity contribution in [3.05, 3.63) is 35.9 Å². The minimum atomic E-state index is -0.964. The number of hydrogen-bond donors (Lipinski definition) is 2. The summed E-state index contributed by atoms with van der Waals surface area (Å²) in [6, 6.07) is 9.54. The van der Waals surface area contributed by atoms with Crippen molar-refractivity contribution in [2.45, 2.75) is 45.1 Å². The van der Waals surface area contributed by atoms with Crippen molar-refractivity contribution in [2.75, 3.05) is 0 Å². The molecule has 0 bridgehead atoms. The first-order valence-corrected chi connectivity index (χ1v) is 7.54. The van der Waals surface area contributed by atoms with Gasteiger partial charge in [-0.25, -0.2) is 4.79 Å². The number of nitrogens with one attached hydrogen (secondary N) is 1. The molecule has 2 N–H and O–H groups in total. The predicted molar refractivity (Wildman–Crippen MR) is 80.9 cm³/mol. The highest BCUT2D eigenvalue weighted by Gasteiger charge is 2.32. The van der Waals surface area contributed by atoms with E-state index < -0.39 is 12.0 Å². The second-order valence-electron chi connectivity index (χ2n) is 6.28. The lowest BCUT2D eigenvalue weighted by molar-refractivity contribution is -0.143. The normalized spacial score (nSPS) is 22.4. The highest BCUT2D eigenvalue weighted by molar-refractivity contribution is 5.83. The van der Waals surface area contributed by atoms with Crippen LogP contribution in [-0.2, 0) is 9.59 Å². The lowest BCUT2D eigenvalue weighted by Gasteiger charge is -2.35. The van der Waals surface area contributed by atoms with E-state index in [0.717, 1.165) is 12.8 Å². The van der Waals surface area contributed by atoms with Gasteiger partial charge in [0.25, 0.3) is 0 Å². The van der Waals surface area contributed by atoms with E-state index in [2.05, 4.69) is 17.4 Å². The first-order valence-electron chi connectivity index (χ1n) is 7.54. The molecule has 0 aliphatic heterocycles. The van der Waals surface area contributed by atoms with Gasteiger partial charge in [0, 0.05) is 6.42 Å². The van der Waals surface area contributed by atoms with Gasteiger partial charge < -0.3 is 10.4 Å². The third kappa shape index (κ3) is 4.06. The molecule has 1 aromatic carbocycles. The molecule has 0 spiro atoms. The van der Waals surface area contributed by atoms with Gasteiger partial charge in [0.2, 0.25) is 5.91 Å². The third-order valence-corrected chi connectivity index (χ3v) is 4.23. The first kappa shape index (κ1) is 15.5. The van der Waals surface area contributed by atoms with Crippen LogP contribution in [0, 0.1) is 11.8 Å². The molecule has 1 atom stereocenters. The number of benzene rings is 1. The zero-order chi connectivity index (χ0) is 15.4. The molecule has 1 aromatic rings. The molecule has 4 nitrogen and oxygen atoms in total. The summed E-state index contributed by atoms with van der Waals surface area (Å²) in [4.78, 5) is 23.0. The average molecular weight is 289 g/mol. The van der Waals surface area contributed by atoms with Crippen molar-refractivity contribution in [1.29, 1.82) is 0 Å². The smallest absolute Gasteiger partial charge is 0.326 e. The summed E-state index contributed by atoms with van der Waals surface area (Å²) in [5.41, 5.74) is 1.33. The van der Waals surface area contributed by atoms with Gasteiger partial charge >= 0.3 is 5.97 Å². The van der Waals surface area contributed by atoms with E-state index >= 15 is 0 Å². The lowest BCUT2D eigenvalue weighted by Crippen LogP contribution is -2.45. The van der Waals surface area contributed by atoms with Crippen LogP contribution in [0.15, 0.2) is 30.3 Å². The molecule has 2 rings (SSSR count). The quantitative estimate of drug-likeness (QED) is 0.846. The first-order chi connectivity index (χ1) is 9.97. The zero-order valence-electron chi connectivity index (χ0n) is 12.6. The minimum absolute atomic E-state index is 0.107. The second-order valence-corrected chi connectivity index (χ2v) is 6.28. The van der Waals surface area contributed by atoms with Gasteiger partial charge in [0.1, 0.15) is 6.04 Å². The molecular formula is C17H23NO3. The Bertz CT molecular complexity index is 492. The van der Waals surface area contributed by atoms with Gasteiger partial charge in [0.15, 0.2) is 0 Å². The molecule has 4 heteroatoms. The largest absolute Gasteiger partial charge is 0.480 e. The molecule has 1 amide bonds. The number of amides is 1. The lowest BCUT2D eigenvalue weighted by atomic mass is 9.70. The Kier molecular flexibility index (Phi) is 4.99. The number of carboxylic acids is 1. The van der Waals surface area contributed by atoms with Crippen LogP contribution in [-0.4, -0.2) is 23.0 Å². The van der Waals surface area contributed by atoms with Crippen LogP contribution in [0.4, 0.5) is 0 Å². The highest BCUT2D eigenvalue weighted by Crippen LogP contribution is 2.43. The zero-order valence-corrected chi connectivity index (χ0v) is 12.6. The van der Waals surface area contributed by atoms with E-state index in [1.807, 2.05) is 18.2 Å². The van der Waals surface area contributed by atoms with Crippen LogP contribution in [0.2, 0.25) is 0 Å². The number of aliphatic carboxylic acids is 1. The molecule has 0 unspecified atom stereocenters. The summed E-state index contributed by atoms with van der Waals surface area (Å²) in [5, 5.41) is 11.7. The molecule has 0 aromatic heterocycles. The molecular weight excluding hydrogens is 266 g/mol. The molecule has 1 saturated carbocycles. The van der Waals surface area contributed by atoms with Crippen molar-refractivity contribution in [2.24, 2.45) is 11.8 Å². The molecule has 0 saturated heterocycles. The summed E-state index contributed by atoms with van der Waals surface area (Å²) >= 11 is 0. The average Bonchev–Trinajstić information content (AvgIpc) is 2.40. The maximum absolute atomic E-state index is 11.9. The maximum atomic E-state index is 11.9. The summed E-state index contributed by atoms with van der Waals surface area (Å²) in [5.74, 6) is -0.298. The fourth-order valence-electron chi connectivity index (χ4n) is 2.91. The Morgan fingerprint density at radius 3 is 2.38 bits per heavy atom. The van der Waals surface area contributed by atoms with E-state index in [0.29, 0.717) is 18.3 Å². The van der Waals surface area contributed by atoms with Crippen LogP contribution in [0.5, 0.6) is 0 Å². The monoisotopic (exact) mass is 289 g/mol. The van der Waals surface area contributed by atoms with Gasteiger partial charge in [-0.05, 0) is 36.2 Å². The molecule has 1 aliphatic rings. The van der Waals surface area contributed by atoms with Crippen molar-refractivity contribution in [1.82, 2.24) is 5.32 Å². The molecule has 21 heavy (non-hydrogen) atoms. The van der Waals surface area contributed by atoms with Crippen LogP contribution in [0.1, 0.15) is 44.6 Å². The Labute approximate surface area is 125 Å². The maximum Gasteiger partial charge on any atom is 0.326 e. The number of carboxylic acid groups (broad SMARTS) is 1. The van der Waals surface area contributed by atoms with E-state index in [1.54, 1.807) is 13.8 Å². The summed E-state index contributed by atoms with van der Waals surface area (Å²) in [6.45, 7) is 3.60. The van der Waals surface area contributed by atoms with Crippen LogP contribution >= 0.6 is 0 Å². The summed E-state index contributed by atoms with van der Waals surface area (Å²) in [6.07, 6.45) is 2.45. The van der Waals surface area contributed by atoms with Gasteiger partial charge in [-0.3, -0.25) is 4.79 Å². The molecule has 0 radical (unpaired) electrons. The standard InChI is InChI=1S/C17H23NO3/c1-11(2)16(17(20)21)18-15(19)10-12-8-14(9-12)13-6-4-3-5-7-13/h3-7,11-12,14,16H,8-10H2,1-2H3,(H,18,19)(H,20,21)/t12?,14?,16-/m0/s1. The van der Waals surface area contributed by atoms with E-state index in [1.165, 1.54) is 5.56 Å². The minimum Gasteiger partial charge on any atom is -0.480 e. The van der Waals surface area contributed by atoms with Gasteiger partial charge in [-0.1, -0.05) is 44.2 Å². The Balaban J connectivity index is 1.77. The van der Waals surface area contributed by atoms with Crippen LogP contribution in [0.25, 0.3) is 0 Å². The van der Waals surface area contributed by atoms with E-state index in [-0.39, 0.29) is 11.8 Å². The molecule has 0 heterocycles. The molecule has 114 valence electrons. The summed E-state index contributed by atoms with van der Waals surface area (Å²) < 4.78 is 0. The number of carbonyl (C=O) groups excluding carboxylic acids is 1.